The summed E-state index contributed by atoms with van der Waals surface area (Å²) in [6, 6.07) is 8.17. The molecule has 2 aromatic rings. The Kier molecular flexibility index (Phi) is 4.88. The van der Waals surface area contributed by atoms with E-state index in [9.17, 15) is 14.0 Å². The summed E-state index contributed by atoms with van der Waals surface area (Å²) in [5, 5.41) is 2.69. The van der Waals surface area contributed by atoms with Gasteiger partial charge in [0, 0.05) is 24.5 Å². The van der Waals surface area contributed by atoms with Crippen molar-refractivity contribution in [3.63, 3.8) is 0 Å². The summed E-state index contributed by atoms with van der Waals surface area (Å²) in [5.41, 5.74) is 2.27. The lowest BCUT2D eigenvalue weighted by atomic mass is 10.2. The van der Waals surface area contributed by atoms with Crippen LogP contribution in [0.4, 0.5) is 4.39 Å². The summed E-state index contributed by atoms with van der Waals surface area (Å²) in [6.07, 6.45) is 2.03. The molecule has 5 nitrogen and oxygen atoms in total. The van der Waals surface area contributed by atoms with Crippen molar-refractivity contribution >= 4 is 11.8 Å². The topological polar surface area (TPSA) is 54.3 Å². The molecule has 2 amide bonds. The van der Waals surface area contributed by atoms with Gasteiger partial charge in [-0.05, 0) is 44.9 Å². The summed E-state index contributed by atoms with van der Waals surface area (Å²) < 4.78 is 15.8. The van der Waals surface area contributed by atoms with Crippen LogP contribution < -0.4 is 5.32 Å². The number of carbonyl (C=O) groups is 2. The van der Waals surface area contributed by atoms with Gasteiger partial charge in [-0.1, -0.05) is 12.1 Å². The minimum atomic E-state index is -0.347. The summed E-state index contributed by atoms with van der Waals surface area (Å²) in [5.74, 6) is -0.725. The van der Waals surface area contributed by atoms with E-state index in [-0.39, 0.29) is 24.2 Å². The molecule has 1 fully saturated rings. The number of hydrogen-bond acceptors (Lipinski definition) is 2. The Hall–Kier alpha value is -2.63. The predicted molar refractivity (Wildman–Crippen MR) is 93.3 cm³/mol. The van der Waals surface area contributed by atoms with E-state index in [0.717, 1.165) is 31.6 Å². The highest BCUT2D eigenvalue weighted by atomic mass is 19.1. The number of para-hydroxylation sites is 1. The van der Waals surface area contributed by atoms with Crippen LogP contribution in [0.1, 0.15) is 34.6 Å². The van der Waals surface area contributed by atoms with Crippen LogP contribution in [0.3, 0.4) is 0 Å². The number of halogens is 1. The maximum absolute atomic E-state index is 14.1. The van der Waals surface area contributed by atoms with E-state index in [2.05, 4.69) is 5.32 Å². The number of nitrogens with one attached hydrogen (secondary N) is 1. The minimum Gasteiger partial charge on any atom is -0.343 e. The molecule has 0 atom stereocenters. The smallest absolute Gasteiger partial charge is 0.253 e. The number of rotatable bonds is 4. The molecular weight excluding hydrogens is 321 g/mol. The van der Waals surface area contributed by atoms with Gasteiger partial charge < -0.3 is 14.8 Å². The Balaban J connectivity index is 1.77. The molecule has 1 aromatic heterocycles. The van der Waals surface area contributed by atoms with Gasteiger partial charge in [-0.2, -0.15) is 0 Å². The van der Waals surface area contributed by atoms with E-state index in [4.69, 9.17) is 0 Å². The van der Waals surface area contributed by atoms with Gasteiger partial charge in [0.15, 0.2) is 0 Å². The normalized spacial score (nSPS) is 14.0. The van der Waals surface area contributed by atoms with Gasteiger partial charge in [-0.25, -0.2) is 4.39 Å². The van der Waals surface area contributed by atoms with Crippen LogP contribution >= 0.6 is 0 Å². The third-order valence-corrected chi connectivity index (χ3v) is 4.63. The van der Waals surface area contributed by atoms with Gasteiger partial charge in [0.25, 0.3) is 5.91 Å². The second-order valence-electron chi connectivity index (χ2n) is 6.34. The van der Waals surface area contributed by atoms with Crippen molar-refractivity contribution < 1.29 is 14.0 Å². The fraction of sp³-hybridized carbons (Fsp3) is 0.368. The summed E-state index contributed by atoms with van der Waals surface area (Å²) in [4.78, 5) is 26.3. The number of hydrogen-bond donors (Lipinski definition) is 1. The van der Waals surface area contributed by atoms with E-state index < -0.39 is 0 Å². The van der Waals surface area contributed by atoms with Gasteiger partial charge in [0.1, 0.15) is 5.82 Å². The van der Waals surface area contributed by atoms with E-state index in [0.29, 0.717) is 16.9 Å². The van der Waals surface area contributed by atoms with E-state index >= 15 is 0 Å². The van der Waals surface area contributed by atoms with Crippen LogP contribution in [-0.4, -0.2) is 40.9 Å². The van der Waals surface area contributed by atoms with Crippen molar-refractivity contribution in [2.45, 2.75) is 26.7 Å². The maximum atomic E-state index is 14.1. The first-order valence-electron chi connectivity index (χ1n) is 8.49. The molecule has 0 unspecified atom stereocenters. The Morgan fingerprint density at radius 2 is 1.84 bits per heavy atom. The zero-order chi connectivity index (χ0) is 18.0. The van der Waals surface area contributed by atoms with Gasteiger partial charge >= 0.3 is 0 Å². The average molecular weight is 343 g/mol. The molecule has 0 radical (unpaired) electrons. The lowest BCUT2D eigenvalue weighted by Crippen LogP contribution is -2.38. The molecule has 2 heterocycles. The number of aromatic nitrogens is 1. The first-order valence-corrected chi connectivity index (χ1v) is 8.49. The van der Waals surface area contributed by atoms with E-state index in [1.54, 1.807) is 40.7 Å². The third-order valence-electron chi connectivity index (χ3n) is 4.63. The van der Waals surface area contributed by atoms with E-state index in [1.165, 1.54) is 6.07 Å². The van der Waals surface area contributed by atoms with Crippen LogP contribution in [0.2, 0.25) is 0 Å². The van der Waals surface area contributed by atoms with Crippen LogP contribution in [0.25, 0.3) is 5.69 Å². The Morgan fingerprint density at radius 1 is 1.16 bits per heavy atom. The molecule has 1 aliphatic heterocycles. The first-order chi connectivity index (χ1) is 12.0. The molecule has 0 aliphatic carbocycles. The highest BCUT2D eigenvalue weighted by Gasteiger charge is 2.21. The molecule has 6 heteroatoms. The fourth-order valence-electron chi connectivity index (χ4n) is 3.33. The number of likely N-dealkylation sites (tertiary alicyclic amines) is 1. The Labute approximate surface area is 146 Å². The van der Waals surface area contributed by atoms with E-state index in [1.807, 2.05) is 6.92 Å². The van der Waals surface area contributed by atoms with Crippen molar-refractivity contribution in [1.29, 1.82) is 0 Å². The number of benzene rings is 1. The molecule has 3 rings (SSSR count). The van der Waals surface area contributed by atoms with Crippen molar-refractivity contribution in [3.8, 4) is 5.69 Å². The molecule has 0 bridgehead atoms. The van der Waals surface area contributed by atoms with Gasteiger partial charge in [-0.15, -0.1) is 0 Å². The standard InChI is InChI=1S/C19H22FN3O2/c1-13-11-15(14(2)23(13)17-8-4-3-7-16(17)20)19(25)21-12-18(24)22-9-5-6-10-22/h3-4,7-8,11H,5-6,9-10,12H2,1-2H3,(H,21,25). The first kappa shape index (κ1) is 17.2. The SMILES string of the molecule is Cc1cc(C(=O)NCC(=O)N2CCCC2)c(C)n1-c1ccccc1F. The van der Waals surface area contributed by atoms with Gasteiger partial charge in [-0.3, -0.25) is 9.59 Å². The highest BCUT2D eigenvalue weighted by molar-refractivity contribution is 5.98. The average Bonchev–Trinajstić information content (AvgIpc) is 3.22. The lowest BCUT2D eigenvalue weighted by molar-refractivity contribution is -0.129. The monoisotopic (exact) mass is 343 g/mol. The second-order valence-corrected chi connectivity index (χ2v) is 6.34. The summed E-state index contributed by atoms with van der Waals surface area (Å²) in [6.45, 7) is 5.11. The van der Waals surface area contributed by atoms with Crippen LogP contribution in [0, 0.1) is 19.7 Å². The molecule has 1 N–H and O–H groups in total. The predicted octanol–water partition coefficient (Wildman–Crippen LogP) is 2.59. The number of amides is 2. The summed E-state index contributed by atoms with van der Waals surface area (Å²) >= 11 is 0. The second kappa shape index (κ2) is 7.09. The van der Waals surface area contributed by atoms with Gasteiger partial charge in [0.2, 0.25) is 5.91 Å². The van der Waals surface area contributed by atoms with Gasteiger partial charge in [0.05, 0.1) is 17.8 Å². The zero-order valence-electron chi connectivity index (χ0n) is 14.5. The number of nitrogens with zero attached hydrogens (tertiary/aromatic N) is 2. The third kappa shape index (κ3) is 3.43. The molecule has 0 saturated carbocycles. The molecule has 132 valence electrons. The lowest BCUT2D eigenvalue weighted by Gasteiger charge is -2.15. The minimum absolute atomic E-state index is 0.0117. The highest BCUT2D eigenvalue weighted by Crippen LogP contribution is 2.22. The molecule has 0 spiro atoms. The molecule has 1 aliphatic rings. The van der Waals surface area contributed by atoms with Crippen molar-refractivity contribution in [2.75, 3.05) is 19.6 Å². The molecule has 1 saturated heterocycles. The quantitative estimate of drug-likeness (QED) is 0.928. The van der Waals surface area contributed by atoms with Crippen LogP contribution in [0.5, 0.6) is 0 Å². The fourth-order valence-corrected chi connectivity index (χ4v) is 3.33. The maximum Gasteiger partial charge on any atom is 0.253 e. The molecular formula is C19H22FN3O2. The Bertz CT molecular complexity index is 807. The molecule has 25 heavy (non-hydrogen) atoms. The van der Waals surface area contributed by atoms with Crippen molar-refractivity contribution in [2.24, 2.45) is 0 Å². The number of aryl methyl sites for hydroxylation is 1. The van der Waals surface area contributed by atoms with Crippen molar-refractivity contribution in [3.05, 3.63) is 53.1 Å². The van der Waals surface area contributed by atoms with Crippen molar-refractivity contribution in [1.82, 2.24) is 14.8 Å². The summed E-state index contributed by atoms with van der Waals surface area (Å²) in [7, 11) is 0. The molecule has 1 aromatic carbocycles. The Morgan fingerprint density at radius 3 is 2.52 bits per heavy atom. The van der Waals surface area contributed by atoms with Crippen LogP contribution in [-0.2, 0) is 4.79 Å². The van der Waals surface area contributed by atoms with Crippen LogP contribution in [0.15, 0.2) is 30.3 Å². The zero-order valence-corrected chi connectivity index (χ0v) is 14.5. The number of carbonyl (C=O) groups excluding carboxylic acids is 2. The largest absolute Gasteiger partial charge is 0.343 e.